The zero-order chi connectivity index (χ0) is 11.2. The van der Waals surface area contributed by atoms with Crippen molar-refractivity contribution < 1.29 is 4.74 Å². The van der Waals surface area contributed by atoms with Crippen LogP contribution in [-0.4, -0.2) is 30.8 Å². The quantitative estimate of drug-likeness (QED) is 0.818. The second-order valence-electron chi connectivity index (χ2n) is 4.08. The van der Waals surface area contributed by atoms with Crippen LogP contribution in [0.4, 0.5) is 0 Å². The number of nitrogens with zero attached hydrogens (tertiary/aromatic N) is 1. The van der Waals surface area contributed by atoms with Crippen LogP contribution >= 0.6 is 11.6 Å². The Morgan fingerprint density at radius 3 is 2.88 bits per heavy atom. The van der Waals surface area contributed by atoms with Gasteiger partial charge in [0, 0.05) is 25.5 Å². The summed E-state index contributed by atoms with van der Waals surface area (Å²) < 4.78 is 5.31. The molecule has 1 fully saturated rings. The van der Waals surface area contributed by atoms with Crippen LogP contribution in [0, 0.1) is 0 Å². The molecule has 0 saturated carbocycles. The van der Waals surface area contributed by atoms with Gasteiger partial charge in [-0.15, -0.1) is 0 Å². The summed E-state index contributed by atoms with van der Waals surface area (Å²) in [5.74, 6) is 0. The van der Waals surface area contributed by atoms with E-state index in [1.54, 1.807) is 0 Å². The first-order valence-corrected chi connectivity index (χ1v) is 6.14. The minimum Gasteiger partial charge on any atom is -0.381 e. The molecule has 16 heavy (non-hydrogen) atoms. The number of aromatic nitrogens is 1. The number of halogens is 1. The fourth-order valence-electron chi connectivity index (χ4n) is 1.88. The van der Waals surface area contributed by atoms with E-state index < -0.39 is 0 Å². The van der Waals surface area contributed by atoms with Gasteiger partial charge in [-0.25, -0.2) is 4.98 Å². The van der Waals surface area contributed by atoms with Gasteiger partial charge >= 0.3 is 0 Å². The lowest BCUT2D eigenvalue weighted by molar-refractivity contribution is 0.0782. The van der Waals surface area contributed by atoms with Gasteiger partial charge in [-0.05, 0) is 37.4 Å². The summed E-state index contributed by atoms with van der Waals surface area (Å²) in [7, 11) is 0. The van der Waals surface area contributed by atoms with E-state index in [0.717, 1.165) is 39.0 Å². The molecule has 0 aromatic carbocycles. The predicted molar refractivity (Wildman–Crippen MR) is 64.8 cm³/mol. The molecule has 2 rings (SSSR count). The molecule has 1 aliphatic rings. The van der Waals surface area contributed by atoms with E-state index in [2.05, 4.69) is 10.3 Å². The molecule has 0 atom stereocenters. The topological polar surface area (TPSA) is 34.1 Å². The maximum atomic E-state index is 5.73. The summed E-state index contributed by atoms with van der Waals surface area (Å²) in [5, 5.41) is 4.10. The third-order valence-electron chi connectivity index (χ3n) is 2.86. The van der Waals surface area contributed by atoms with Crippen LogP contribution in [0.2, 0.25) is 5.15 Å². The van der Waals surface area contributed by atoms with Gasteiger partial charge in [-0.1, -0.05) is 17.7 Å². The smallest absolute Gasteiger partial charge is 0.129 e. The molecule has 0 amide bonds. The Morgan fingerprint density at radius 2 is 2.19 bits per heavy atom. The highest BCUT2D eigenvalue weighted by Gasteiger charge is 2.12. The predicted octanol–water partition coefficient (Wildman–Crippen LogP) is 2.05. The van der Waals surface area contributed by atoms with Crippen LogP contribution in [0.1, 0.15) is 18.4 Å². The van der Waals surface area contributed by atoms with Gasteiger partial charge < -0.3 is 10.1 Å². The van der Waals surface area contributed by atoms with E-state index in [4.69, 9.17) is 16.3 Å². The Morgan fingerprint density at radius 1 is 1.38 bits per heavy atom. The van der Waals surface area contributed by atoms with Crippen LogP contribution in [-0.2, 0) is 11.2 Å². The van der Waals surface area contributed by atoms with E-state index in [1.165, 1.54) is 5.56 Å². The average molecular weight is 241 g/mol. The Balaban J connectivity index is 1.69. The molecule has 1 saturated heterocycles. The van der Waals surface area contributed by atoms with Gasteiger partial charge in [-0.2, -0.15) is 0 Å². The van der Waals surface area contributed by atoms with Crippen LogP contribution in [0.3, 0.4) is 0 Å². The first-order valence-electron chi connectivity index (χ1n) is 5.76. The largest absolute Gasteiger partial charge is 0.381 e. The second kappa shape index (κ2) is 6.18. The highest BCUT2D eigenvalue weighted by atomic mass is 35.5. The minimum atomic E-state index is 0.557. The maximum absolute atomic E-state index is 5.73. The van der Waals surface area contributed by atoms with Crippen LogP contribution < -0.4 is 5.32 Å². The van der Waals surface area contributed by atoms with Crippen molar-refractivity contribution in [2.75, 3.05) is 19.8 Å². The highest BCUT2D eigenvalue weighted by molar-refractivity contribution is 6.29. The van der Waals surface area contributed by atoms with Gasteiger partial charge in [0.05, 0.1) is 0 Å². The molecule has 1 aromatic rings. The lowest BCUT2D eigenvalue weighted by Gasteiger charge is -2.23. The summed E-state index contributed by atoms with van der Waals surface area (Å²) in [6, 6.07) is 4.49. The molecule has 2 heterocycles. The van der Waals surface area contributed by atoms with Crippen molar-refractivity contribution >= 4 is 11.6 Å². The van der Waals surface area contributed by atoms with Crippen molar-refractivity contribution in [3.63, 3.8) is 0 Å². The maximum Gasteiger partial charge on any atom is 0.129 e. The number of nitrogens with one attached hydrogen (secondary N) is 1. The Kier molecular flexibility index (Phi) is 4.57. The van der Waals surface area contributed by atoms with E-state index in [1.807, 2.05) is 18.3 Å². The number of ether oxygens (including phenoxy) is 1. The molecule has 1 aliphatic heterocycles. The zero-order valence-corrected chi connectivity index (χ0v) is 10.0. The van der Waals surface area contributed by atoms with Gasteiger partial charge in [0.2, 0.25) is 0 Å². The molecule has 4 heteroatoms. The van der Waals surface area contributed by atoms with Gasteiger partial charge in [0.25, 0.3) is 0 Å². The first kappa shape index (κ1) is 11.8. The molecule has 3 nitrogen and oxygen atoms in total. The number of pyridine rings is 1. The third-order valence-corrected chi connectivity index (χ3v) is 3.08. The standard InChI is InChI=1S/C12H17ClN2O/c13-12-2-1-10(9-15-12)3-6-14-11-4-7-16-8-5-11/h1-2,9,11,14H,3-8H2. The molecule has 1 aromatic heterocycles. The lowest BCUT2D eigenvalue weighted by Crippen LogP contribution is -2.35. The number of hydrogen-bond acceptors (Lipinski definition) is 3. The van der Waals surface area contributed by atoms with Crippen molar-refractivity contribution in [3.8, 4) is 0 Å². The number of hydrogen-bond donors (Lipinski definition) is 1. The average Bonchev–Trinajstić information content (AvgIpc) is 2.33. The minimum absolute atomic E-state index is 0.557. The molecule has 88 valence electrons. The first-order chi connectivity index (χ1) is 7.84. The molecular weight excluding hydrogens is 224 g/mol. The molecule has 1 N–H and O–H groups in total. The summed E-state index contributed by atoms with van der Waals surface area (Å²) in [6.45, 7) is 2.77. The summed E-state index contributed by atoms with van der Waals surface area (Å²) in [5.41, 5.74) is 1.23. The van der Waals surface area contributed by atoms with E-state index in [9.17, 15) is 0 Å². The molecule has 0 aliphatic carbocycles. The van der Waals surface area contributed by atoms with Crippen molar-refractivity contribution in [2.24, 2.45) is 0 Å². The monoisotopic (exact) mass is 240 g/mol. The van der Waals surface area contributed by atoms with Crippen molar-refractivity contribution in [1.82, 2.24) is 10.3 Å². The zero-order valence-electron chi connectivity index (χ0n) is 9.29. The van der Waals surface area contributed by atoms with Crippen LogP contribution in [0.5, 0.6) is 0 Å². The summed E-state index contributed by atoms with van der Waals surface area (Å²) >= 11 is 5.73. The summed E-state index contributed by atoms with van der Waals surface area (Å²) in [4.78, 5) is 4.06. The second-order valence-corrected chi connectivity index (χ2v) is 4.47. The van der Waals surface area contributed by atoms with Crippen molar-refractivity contribution in [1.29, 1.82) is 0 Å². The van der Waals surface area contributed by atoms with Crippen LogP contribution in [0.25, 0.3) is 0 Å². The molecular formula is C12H17ClN2O. The van der Waals surface area contributed by atoms with E-state index in [0.29, 0.717) is 11.2 Å². The van der Waals surface area contributed by atoms with Crippen molar-refractivity contribution in [3.05, 3.63) is 29.0 Å². The Labute approximate surface area is 101 Å². The molecule has 0 bridgehead atoms. The Bertz CT molecular complexity index is 309. The number of rotatable bonds is 4. The fourth-order valence-corrected chi connectivity index (χ4v) is 1.99. The Hall–Kier alpha value is -0.640. The third kappa shape index (κ3) is 3.74. The van der Waals surface area contributed by atoms with Gasteiger partial charge in [-0.3, -0.25) is 0 Å². The van der Waals surface area contributed by atoms with Gasteiger partial charge in [0.15, 0.2) is 0 Å². The molecule has 0 unspecified atom stereocenters. The van der Waals surface area contributed by atoms with Crippen molar-refractivity contribution in [2.45, 2.75) is 25.3 Å². The normalized spacial score (nSPS) is 17.6. The molecule has 0 radical (unpaired) electrons. The van der Waals surface area contributed by atoms with E-state index in [-0.39, 0.29) is 0 Å². The SMILES string of the molecule is Clc1ccc(CCNC2CCOCC2)cn1. The lowest BCUT2D eigenvalue weighted by atomic mass is 10.1. The van der Waals surface area contributed by atoms with Crippen LogP contribution in [0.15, 0.2) is 18.3 Å². The van der Waals surface area contributed by atoms with Gasteiger partial charge in [0.1, 0.15) is 5.15 Å². The highest BCUT2D eigenvalue weighted by Crippen LogP contribution is 2.07. The summed E-state index contributed by atoms with van der Waals surface area (Å²) in [6.07, 6.45) is 5.09. The molecule has 0 spiro atoms. The fraction of sp³-hybridized carbons (Fsp3) is 0.583. The van der Waals surface area contributed by atoms with E-state index >= 15 is 0 Å².